The maximum absolute atomic E-state index is 13.4. The first-order chi connectivity index (χ1) is 16.3. The lowest BCUT2D eigenvalue weighted by Gasteiger charge is -2.25. The summed E-state index contributed by atoms with van der Waals surface area (Å²) in [5.41, 5.74) is 1.44. The highest BCUT2D eigenvalue weighted by atomic mass is 32.2. The zero-order chi connectivity index (χ0) is 23.9. The molecule has 4 aromatic rings. The molecule has 1 aromatic heterocycles. The maximum atomic E-state index is 13.4. The normalized spacial score (nSPS) is 14.4. The second-order valence-corrected chi connectivity index (χ2v) is 10.5. The van der Waals surface area contributed by atoms with Crippen LogP contribution in [0, 0.1) is 0 Å². The Hall–Kier alpha value is -3.56. The summed E-state index contributed by atoms with van der Waals surface area (Å²) in [5, 5.41) is 1.78. The first-order valence-electron chi connectivity index (χ1n) is 11.1. The molecule has 3 aromatic carbocycles. The molecule has 8 nitrogen and oxygen atoms in total. The lowest BCUT2D eigenvalue weighted by Crippen LogP contribution is -2.42. The van der Waals surface area contributed by atoms with Gasteiger partial charge in [0.25, 0.3) is 0 Å². The van der Waals surface area contributed by atoms with E-state index in [2.05, 4.69) is 0 Å². The van der Waals surface area contributed by atoms with E-state index in [1.165, 1.54) is 7.05 Å². The van der Waals surface area contributed by atoms with Crippen LogP contribution in [-0.4, -0.2) is 62.3 Å². The second kappa shape index (κ2) is 8.66. The van der Waals surface area contributed by atoms with E-state index >= 15 is 0 Å². The van der Waals surface area contributed by atoms with Gasteiger partial charge in [-0.2, -0.15) is 4.31 Å². The fourth-order valence-corrected chi connectivity index (χ4v) is 5.36. The van der Waals surface area contributed by atoms with Crippen LogP contribution >= 0.6 is 0 Å². The highest BCUT2D eigenvalue weighted by molar-refractivity contribution is 7.89. The molecular weight excluding hydrogens is 450 g/mol. The van der Waals surface area contributed by atoms with Crippen molar-refractivity contribution in [2.24, 2.45) is 0 Å². The number of carbonyl (C=O) groups excluding carboxylic acids is 1. The number of carbonyl (C=O) groups is 1. The minimum atomic E-state index is -3.86. The van der Waals surface area contributed by atoms with Crippen LogP contribution in [0.1, 0.15) is 6.42 Å². The Morgan fingerprint density at radius 2 is 1.56 bits per heavy atom. The summed E-state index contributed by atoms with van der Waals surface area (Å²) >= 11 is 0. The first kappa shape index (κ1) is 22.2. The maximum Gasteiger partial charge on any atom is 0.243 e. The van der Waals surface area contributed by atoms with Gasteiger partial charge in [0.1, 0.15) is 0 Å². The smallest absolute Gasteiger partial charge is 0.243 e. The number of nitrogens with zero attached hydrogens (tertiary/aromatic N) is 5. The summed E-state index contributed by atoms with van der Waals surface area (Å²) in [6, 6.07) is 20.1. The van der Waals surface area contributed by atoms with Gasteiger partial charge in [0.2, 0.25) is 15.9 Å². The topological polar surface area (TPSA) is 86.7 Å². The van der Waals surface area contributed by atoms with Crippen LogP contribution in [0.15, 0.2) is 71.6 Å². The molecule has 0 saturated heterocycles. The van der Waals surface area contributed by atoms with Crippen molar-refractivity contribution in [3.8, 4) is 0 Å². The van der Waals surface area contributed by atoms with Gasteiger partial charge in [0.15, 0.2) is 11.6 Å². The number of para-hydroxylation sites is 2. The van der Waals surface area contributed by atoms with Gasteiger partial charge in [-0.25, -0.2) is 18.4 Å². The van der Waals surface area contributed by atoms with Crippen molar-refractivity contribution in [1.29, 1.82) is 0 Å². The van der Waals surface area contributed by atoms with Crippen molar-refractivity contribution < 1.29 is 13.2 Å². The molecule has 0 unspecified atom stereocenters. The minimum absolute atomic E-state index is 0.156. The lowest BCUT2D eigenvalue weighted by atomic mass is 10.1. The summed E-state index contributed by atoms with van der Waals surface area (Å²) in [4.78, 5) is 26.5. The summed E-state index contributed by atoms with van der Waals surface area (Å²) in [6.45, 7) is 0.856. The number of benzene rings is 3. The zero-order valence-corrected chi connectivity index (χ0v) is 19.9. The van der Waals surface area contributed by atoms with E-state index in [9.17, 15) is 13.2 Å². The van der Waals surface area contributed by atoms with Gasteiger partial charge in [0.05, 0.1) is 22.5 Å². The van der Waals surface area contributed by atoms with E-state index in [0.29, 0.717) is 23.7 Å². The van der Waals surface area contributed by atoms with Crippen LogP contribution in [0.4, 0.5) is 11.6 Å². The second-order valence-electron chi connectivity index (χ2n) is 8.45. The number of sulfonamides is 1. The Labute approximate surface area is 198 Å². The summed E-state index contributed by atoms with van der Waals surface area (Å²) < 4.78 is 27.6. The molecule has 5 rings (SSSR count). The molecule has 0 radical (unpaired) electrons. The van der Waals surface area contributed by atoms with E-state index in [0.717, 1.165) is 33.6 Å². The minimum Gasteiger partial charge on any atom is -0.357 e. The van der Waals surface area contributed by atoms with E-state index in [4.69, 9.17) is 9.97 Å². The lowest BCUT2D eigenvalue weighted by molar-refractivity contribution is -0.118. The predicted molar refractivity (Wildman–Crippen MR) is 134 cm³/mol. The molecule has 174 valence electrons. The number of anilines is 2. The molecule has 0 fully saturated rings. The third kappa shape index (κ3) is 3.97. The van der Waals surface area contributed by atoms with Gasteiger partial charge in [-0.15, -0.1) is 0 Å². The number of hydrogen-bond donors (Lipinski definition) is 0. The van der Waals surface area contributed by atoms with Crippen LogP contribution < -0.4 is 9.80 Å². The average Bonchev–Trinajstić information content (AvgIpc) is 3.00. The zero-order valence-electron chi connectivity index (χ0n) is 19.0. The highest BCUT2D eigenvalue weighted by Gasteiger charge is 2.30. The van der Waals surface area contributed by atoms with Crippen molar-refractivity contribution in [3.05, 3.63) is 66.7 Å². The van der Waals surface area contributed by atoms with Crippen LogP contribution in [0.2, 0.25) is 0 Å². The first-order valence-corrected chi connectivity index (χ1v) is 12.5. The van der Waals surface area contributed by atoms with Gasteiger partial charge < -0.3 is 4.90 Å². The highest BCUT2D eigenvalue weighted by Crippen LogP contribution is 2.30. The van der Waals surface area contributed by atoms with E-state index in [-0.39, 0.29) is 17.3 Å². The van der Waals surface area contributed by atoms with Crippen LogP contribution in [0.25, 0.3) is 21.8 Å². The molecule has 0 N–H and O–H groups in total. The van der Waals surface area contributed by atoms with Crippen LogP contribution in [0.3, 0.4) is 0 Å². The van der Waals surface area contributed by atoms with Crippen LogP contribution in [0.5, 0.6) is 0 Å². The largest absolute Gasteiger partial charge is 0.357 e. The fourth-order valence-electron chi connectivity index (χ4n) is 4.21. The Kier molecular flexibility index (Phi) is 5.66. The van der Waals surface area contributed by atoms with Crippen molar-refractivity contribution in [1.82, 2.24) is 14.3 Å². The van der Waals surface area contributed by atoms with Crippen LogP contribution in [-0.2, 0) is 14.8 Å². The average molecular weight is 476 g/mol. The molecule has 0 aliphatic carbocycles. The molecule has 0 bridgehead atoms. The standard InChI is InChI=1S/C25H25N5O3S/c1-28-14-7-15-30(25-24(28)26-21-10-5-6-11-22(21)27-25)23(31)17-29(2)34(32,33)20-13-12-18-8-3-4-9-19(18)16-20/h3-6,8-13,16H,7,14-15,17H2,1-2H3. The third-order valence-corrected chi connectivity index (χ3v) is 7.91. The molecule has 0 atom stereocenters. The number of fused-ring (bicyclic) bond motifs is 3. The molecule has 34 heavy (non-hydrogen) atoms. The van der Waals surface area contributed by atoms with Crippen molar-refractivity contribution in [3.63, 3.8) is 0 Å². The quantitative estimate of drug-likeness (QED) is 0.450. The van der Waals surface area contributed by atoms with Gasteiger partial charge in [0, 0.05) is 27.2 Å². The number of rotatable bonds is 4. The Bertz CT molecular complexity index is 1510. The van der Waals surface area contributed by atoms with Gasteiger partial charge in [-0.1, -0.05) is 42.5 Å². The monoisotopic (exact) mass is 475 g/mol. The summed E-state index contributed by atoms with van der Waals surface area (Å²) in [6.07, 6.45) is 0.720. The summed E-state index contributed by atoms with van der Waals surface area (Å²) in [5.74, 6) is 0.734. The molecule has 1 aliphatic heterocycles. The Morgan fingerprint density at radius 3 is 2.29 bits per heavy atom. The van der Waals surface area contributed by atoms with E-state index < -0.39 is 10.0 Å². The number of aromatic nitrogens is 2. The van der Waals surface area contributed by atoms with Crippen molar-refractivity contribution in [2.75, 3.05) is 43.5 Å². The van der Waals surface area contributed by atoms with Crippen molar-refractivity contribution >= 4 is 49.4 Å². The number of likely N-dealkylation sites (N-methyl/N-ethyl adjacent to an activating group) is 1. The fraction of sp³-hybridized carbons (Fsp3) is 0.240. The van der Waals surface area contributed by atoms with E-state index in [1.54, 1.807) is 23.1 Å². The molecule has 1 amide bonds. The van der Waals surface area contributed by atoms with Gasteiger partial charge in [-0.3, -0.25) is 9.69 Å². The molecule has 9 heteroatoms. The molecular formula is C25H25N5O3S. The Balaban J connectivity index is 1.45. The third-order valence-electron chi connectivity index (χ3n) is 6.12. The number of hydrogen-bond acceptors (Lipinski definition) is 6. The molecule has 0 spiro atoms. The van der Waals surface area contributed by atoms with Gasteiger partial charge >= 0.3 is 0 Å². The Morgan fingerprint density at radius 1 is 0.912 bits per heavy atom. The van der Waals surface area contributed by atoms with Gasteiger partial charge in [-0.05, 0) is 41.5 Å². The van der Waals surface area contributed by atoms with E-state index in [1.807, 2.05) is 60.5 Å². The SMILES string of the molecule is CN1CCCN(C(=O)CN(C)S(=O)(=O)c2ccc3ccccc3c2)c2nc3ccccc3nc21. The predicted octanol–water partition coefficient (Wildman–Crippen LogP) is 3.28. The number of amides is 1. The molecule has 2 heterocycles. The van der Waals surface area contributed by atoms with Crippen molar-refractivity contribution in [2.45, 2.75) is 11.3 Å². The molecule has 1 aliphatic rings. The molecule has 0 saturated carbocycles. The summed E-state index contributed by atoms with van der Waals surface area (Å²) in [7, 11) is -0.504.